The van der Waals surface area contributed by atoms with E-state index in [-0.39, 0.29) is 6.04 Å². The van der Waals surface area contributed by atoms with Crippen molar-refractivity contribution in [3.8, 4) is 0 Å². The second-order valence-electron chi connectivity index (χ2n) is 5.25. The van der Waals surface area contributed by atoms with E-state index in [1.54, 1.807) is 11.8 Å². The summed E-state index contributed by atoms with van der Waals surface area (Å²) in [6, 6.07) is 8.59. The smallest absolute Gasteiger partial charge is 0.0847 e. The Labute approximate surface area is 135 Å². The summed E-state index contributed by atoms with van der Waals surface area (Å²) in [6.07, 6.45) is 0.756. The van der Waals surface area contributed by atoms with Crippen LogP contribution in [0.1, 0.15) is 23.9 Å². The van der Waals surface area contributed by atoms with Gasteiger partial charge in [0.2, 0.25) is 0 Å². The Kier molecular flexibility index (Phi) is 5.73. The molecule has 0 radical (unpaired) electrons. The summed E-state index contributed by atoms with van der Waals surface area (Å²) < 4.78 is 1.95. The highest BCUT2D eigenvalue weighted by atomic mass is 35.5. The fourth-order valence-corrected chi connectivity index (χ4v) is 3.27. The van der Waals surface area contributed by atoms with Gasteiger partial charge in [-0.05, 0) is 32.9 Å². The number of benzene rings is 1. The van der Waals surface area contributed by atoms with E-state index < -0.39 is 0 Å². The molecular formula is C16H22ClN3S. The lowest BCUT2D eigenvalue weighted by molar-refractivity contribution is 0.594. The normalized spacial score (nSPS) is 12.6. The average molecular weight is 324 g/mol. The Bertz CT molecular complexity index is 592. The molecule has 1 unspecified atom stereocenters. The molecule has 0 aliphatic carbocycles. The van der Waals surface area contributed by atoms with Crippen molar-refractivity contribution >= 4 is 23.4 Å². The molecule has 1 heterocycles. The highest BCUT2D eigenvalue weighted by molar-refractivity contribution is 7.99. The fraction of sp³-hybridized carbons (Fsp3) is 0.438. The second kappa shape index (κ2) is 7.34. The Morgan fingerprint density at radius 1 is 1.29 bits per heavy atom. The van der Waals surface area contributed by atoms with Crippen LogP contribution >= 0.6 is 23.4 Å². The van der Waals surface area contributed by atoms with E-state index in [9.17, 15) is 0 Å². The molecule has 1 aromatic carbocycles. The summed E-state index contributed by atoms with van der Waals surface area (Å²) in [4.78, 5) is 1.25. The Balaban J connectivity index is 1.95. The highest BCUT2D eigenvalue weighted by Crippen LogP contribution is 2.24. The van der Waals surface area contributed by atoms with E-state index in [0.29, 0.717) is 0 Å². The molecular weight excluding hydrogens is 302 g/mol. The number of thioether (sulfide) groups is 1. The molecule has 5 heteroatoms. The minimum atomic E-state index is 0.0650. The predicted molar refractivity (Wildman–Crippen MR) is 91.2 cm³/mol. The Hall–Kier alpha value is -0.970. The molecule has 0 fully saturated rings. The third-order valence-electron chi connectivity index (χ3n) is 3.39. The van der Waals surface area contributed by atoms with E-state index in [1.165, 1.54) is 10.5 Å². The van der Waals surface area contributed by atoms with Crippen LogP contribution in [0.5, 0.6) is 0 Å². The zero-order chi connectivity index (χ0) is 15.4. The van der Waals surface area contributed by atoms with E-state index in [2.05, 4.69) is 43.2 Å². The van der Waals surface area contributed by atoms with Gasteiger partial charge in [-0.25, -0.2) is 0 Å². The monoisotopic (exact) mass is 323 g/mol. The van der Waals surface area contributed by atoms with E-state index in [4.69, 9.17) is 17.3 Å². The number of rotatable bonds is 6. The zero-order valence-corrected chi connectivity index (χ0v) is 14.3. The molecule has 21 heavy (non-hydrogen) atoms. The van der Waals surface area contributed by atoms with Gasteiger partial charge in [-0.2, -0.15) is 5.10 Å². The molecule has 1 atom stereocenters. The number of hydrogen-bond donors (Lipinski definition) is 1. The first-order valence-corrected chi connectivity index (χ1v) is 8.54. The first-order valence-electron chi connectivity index (χ1n) is 7.18. The predicted octanol–water partition coefficient (Wildman–Crippen LogP) is 3.84. The molecule has 2 rings (SSSR count). The van der Waals surface area contributed by atoms with Gasteiger partial charge in [0.25, 0.3) is 0 Å². The highest BCUT2D eigenvalue weighted by Gasteiger charge is 2.15. The molecule has 0 spiro atoms. The number of nitrogens with two attached hydrogens (primary N) is 1. The van der Waals surface area contributed by atoms with Gasteiger partial charge in [-0.3, -0.25) is 4.68 Å². The van der Waals surface area contributed by atoms with E-state index in [1.807, 2.05) is 11.6 Å². The first-order chi connectivity index (χ1) is 10.0. The summed E-state index contributed by atoms with van der Waals surface area (Å²) in [5.74, 6) is 0.868. The van der Waals surface area contributed by atoms with Crippen molar-refractivity contribution in [2.24, 2.45) is 5.73 Å². The topological polar surface area (TPSA) is 43.8 Å². The van der Waals surface area contributed by atoms with Crippen molar-refractivity contribution in [1.82, 2.24) is 9.78 Å². The third kappa shape index (κ3) is 4.25. The van der Waals surface area contributed by atoms with Gasteiger partial charge in [0, 0.05) is 29.7 Å². The lowest BCUT2D eigenvalue weighted by Crippen LogP contribution is -2.27. The summed E-state index contributed by atoms with van der Waals surface area (Å²) in [5.41, 5.74) is 9.47. The van der Waals surface area contributed by atoms with Crippen LogP contribution in [0, 0.1) is 13.8 Å². The van der Waals surface area contributed by atoms with E-state index >= 15 is 0 Å². The summed E-state index contributed by atoms with van der Waals surface area (Å²) in [7, 11) is 0. The van der Waals surface area contributed by atoms with Crippen molar-refractivity contribution < 1.29 is 0 Å². The second-order valence-corrected chi connectivity index (χ2v) is 6.72. The maximum Gasteiger partial charge on any atom is 0.0847 e. The SMILES string of the molecule is CCn1nc(C)c(Cl)c1CC(N)CSc1ccc(C)cc1. The summed E-state index contributed by atoms with van der Waals surface area (Å²) in [5, 5.41) is 5.19. The van der Waals surface area contributed by atoms with Crippen molar-refractivity contribution in [3.05, 3.63) is 46.2 Å². The molecule has 0 saturated heterocycles. The third-order valence-corrected chi connectivity index (χ3v) is 5.09. The molecule has 0 aliphatic heterocycles. The van der Waals surface area contributed by atoms with Crippen LogP contribution < -0.4 is 5.73 Å². The van der Waals surface area contributed by atoms with Crippen LogP contribution in [-0.4, -0.2) is 21.6 Å². The van der Waals surface area contributed by atoms with Crippen molar-refractivity contribution in [1.29, 1.82) is 0 Å². The molecule has 0 amide bonds. The maximum atomic E-state index is 6.33. The zero-order valence-electron chi connectivity index (χ0n) is 12.8. The van der Waals surface area contributed by atoms with Gasteiger partial charge in [-0.1, -0.05) is 29.3 Å². The van der Waals surface area contributed by atoms with Crippen LogP contribution in [0.25, 0.3) is 0 Å². The van der Waals surface area contributed by atoms with Crippen molar-refractivity contribution in [2.75, 3.05) is 5.75 Å². The molecule has 1 aromatic heterocycles. The lowest BCUT2D eigenvalue weighted by atomic mass is 10.2. The molecule has 3 nitrogen and oxygen atoms in total. The standard InChI is InChI=1S/C16H22ClN3S/c1-4-20-15(16(17)12(3)19-20)9-13(18)10-21-14-7-5-11(2)6-8-14/h5-8,13H,4,9-10,18H2,1-3H3. The van der Waals surface area contributed by atoms with Gasteiger partial charge >= 0.3 is 0 Å². The number of halogens is 1. The number of nitrogens with zero attached hydrogens (tertiary/aromatic N) is 2. The van der Waals surface area contributed by atoms with Crippen LogP contribution in [-0.2, 0) is 13.0 Å². The molecule has 0 saturated carbocycles. The number of aromatic nitrogens is 2. The van der Waals surface area contributed by atoms with Crippen LogP contribution in [0.15, 0.2) is 29.2 Å². The first kappa shape index (κ1) is 16.4. The van der Waals surface area contributed by atoms with Gasteiger partial charge in [0.15, 0.2) is 0 Å². The van der Waals surface area contributed by atoms with Crippen LogP contribution in [0.4, 0.5) is 0 Å². The number of aryl methyl sites for hydroxylation is 3. The van der Waals surface area contributed by atoms with Gasteiger partial charge in [0.1, 0.15) is 0 Å². The molecule has 2 N–H and O–H groups in total. The van der Waals surface area contributed by atoms with Crippen molar-refractivity contribution in [3.63, 3.8) is 0 Å². The largest absolute Gasteiger partial charge is 0.327 e. The fourth-order valence-electron chi connectivity index (χ4n) is 2.21. The van der Waals surface area contributed by atoms with Crippen LogP contribution in [0.2, 0.25) is 5.02 Å². The van der Waals surface area contributed by atoms with Gasteiger partial charge in [0.05, 0.1) is 16.4 Å². The maximum absolute atomic E-state index is 6.33. The minimum Gasteiger partial charge on any atom is -0.327 e. The Morgan fingerprint density at radius 2 is 1.95 bits per heavy atom. The quantitative estimate of drug-likeness (QED) is 0.821. The van der Waals surface area contributed by atoms with Gasteiger partial charge in [-0.15, -0.1) is 11.8 Å². The Morgan fingerprint density at radius 3 is 2.57 bits per heavy atom. The molecule has 114 valence electrons. The molecule has 0 bridgehead atoms. The average Bonchev–Trinajstić information content (AvgIpc) is 2.74. The van der Waals surface area contributed by atoms with E-state index in [0.717, 1.165) is 35.1 Å². The molecule has 0 aliphatic rings. The minimum absolute atomic E-state index is 0.0650. The van der Waals surface area contributed by atoms with Crippen molar-refractivity contribution in [2.45, 2.75) is 44.7 Å². The molecule has 2 aromatic rings. The number of hydrogen-bond acceptors (Lipinski definition) is 3. The van der Waals surface area contributed by atoms with Crippen LogP contribution in [0.3, 0.4) is 0 Å². The summed E-state index contributed by atoms with van der Waals surface area (Å²) in [6.45, 7) is 6.92. The summed E-state index contributed by atoms with van der Waals surface area (Å²) >= 11 is 8.11. The lowest BCUT2D eigenvalue weighted by Gasteiger charge is -2.13. The van der Waals surface area contributed by atoms with Gasteiger partial charge < -0.3 is 5.73 Å².